The Morgan fingerprint density at radius 3 is 1.82 bits per heavy atom. The minimum absolute atomic E-state index is 0.296. The molecule has 0 rings (SSSR count). The lowest BCUT2D eigenvalue weighted by atomic mass is 9.99. The van der Waals surface area contributed by atoms with Gasteiger partial charge in [0.1, 0.15) is 0 Å². The number of rotatable bonds is 2. The fourth-order valence-electron chi connectivity index (χ4n) is 0.263. The van der Waals surface area contributed by atoms with Crippen LogP contribution in [0, 0.1) is 5.41 Å². The van der Waals surface area contributed by atoms with E-state index >= 15 is 0 Å². The van der Waals surface area contributed by atoms with Crippen molar-refractivity contribution in [2.75, 3.05) is 0 Å². The molecule has 0 radical (unpaired) electrons. The second-order valence-electron chi connectivity index (χ2n) is 3.13. The van der Waals surface area contributed by atoms with E-state index in [1.807, 2.05) is 20.8 Å². The van der Waals surface area contributed by atoms with Crippen molar-refractivity contribution in [3.8, 4) is 0 Å². The topological polar surface area (TPSA) is 46.5 Å². The molecule has 0 saturated heterocycles. The van der Waals surface area contributed by atoms with Crippen LogP contribution in [0.1, 0.15) is 20.8 Å². The van der Waals surface area contributed by atoms with Crippen LogP contribution >= 0.6 is 31.9 Å². The fraction of sp³-hybridized carbons (Fsp3) is 1.00. The molecule has 0 amide bonds. The molecule has 0 fully saturated rings. The van der Waals surface area contributed by atoms with Crippen molar-refractivity contribution in [3.05, 3.63) is 0 Å². The molecule has 0 aliphatic rings. The molecule has 0 aromatic carbocycles. The molecule has 0 spiro atoms. The van der Waals surface area contributed by atoms with E-state index in [2.05, 4.69) is 31.9 Å². The maximum Gasteiger partial charge on any atom is 0.766 e. The van der Waals surface area contributed by atoms with Crippen LogP contribution in [0.4, 0.5) is 0 Å². The van der Waals surface area contributed by atoms with E-state index in [0.717, 1.165) is 0 Å². The largest absolute Gasteiger partial charge is 0.766 e. The average molecular weight is 306 g/mol. The highest BCUT2D eigenvalue weighted by molar-refractivity contribution is 9.25. The van der Waals surface area contributed by atoms with E-state index < -0.39 is 12.6 Å². The van der Waals surface area contributed by atoms with Gasteiger partial charge in [0.25, 0.3) is 0 Å². The molecule has 0 aliphatic carbocycles. The lowest BCUT2D eigenvalue weighted by Crippen LogP contribution is -2.36. The van der Waals surface area contributed by atoms with E-state index in [4.69, 9.17) is 9.22 Å². The molecule has 0 aromatic heterocycles. The Bertz CT molecular complexity index is 164. The number of alkyl halides is 2. The first-order valence-electron chi connectivity index (χ1n) is 2.96. The summed E-state index contributed by atoms with van der Waals surface area (Å²) in [6, 6.07) is 0. The molecule has 0 atom stereocenters. The molecule has 6 heteroatoms. The Kier molecular flexibility index (Phi) is 3.72. The van der Waals surface area contributed by atoms with Gasteiger partial charge in [0.15, 0.2) is 0 Å². The highest BCUT2D eigenvalue weighted by Crippen LogP contribution is 2.44. The van der Waals surface area contributed by atoms with Crippen molar-refractivity contribution in [1.29, 1.82) is 0 Å². The predicted molar refractivity (Wildman–Crippen MR) is 49.8 cm³/mol. The zero-order chi connectivity index (χ0) is 9.28. The molecular formula is C5H10Br2O3Si. The highest BCUT2D eigenvalue weighted by Gasteiger charge is 2.41. The van der Waals surface area contributed by atoms with Crippen molar-refractivity contribution in [2.24, 2.45) is 5.41 Å². The number of hydrogen-bond acceptors (Lipinski definition) is 2. The van der Waals surface area contributed by atoms with Gasteiger partial charge in [0, 0.05) is 5.41 Å². The molecule has 0 unspecified atom stereocenters. The fourth-order valence-corrected chi connectivity index (χ4v) is 1.62. The Balaban J connectivity index is 4.34. The third kappa shape index (κ3) is 3.66. The van der Waals surface area contributed by atoms with Gasteiger partial charge in [-0.1, -0.05) is 20.8 Å². The van der Waals surface area contributed by atoms with Gasteiger partial charge in [-0.05, 0) is 31.9 Å². The van der Waals surface area contributed by atoms with Gasteiger partial charge in [-0.2, -0.15) is 0 Å². The molecule has 66 valence electrons. The molecule has 0 saturated carbocycles. The van der Waals surface area contributed by atoms with Gasteiger partial charge in [-0.15, -0.1) is 0 Å². The first kappa shape index (κ1) is 11.6. The van der Waals surface area contributed by atoms with Crippen LogP contribution in [-0.2, 0) is 8.89 Å². The minimum atomic E-state index is -2.92. The summed E-state index contributed by atoms with van der Waals surface area (Å²) in [6.07, 6.45) is 0. The summed E-state index contributed by atoms with van der Waals surface area (Å²) in [6.45, 7) is 5.63. The Morgan fingerprint density at radius 1 is 1.36 bits per heavy atom. The second-order valence-corrected chi connectivity index (χ2v) is 7.17. The lowest BCUT2D eigenvalue weighted by Gasteiger charge is -2.33. The smallest absolute Gasteiger partial charge is 0.511 e. The molecule has 0 heterocycles. The van der Waals surface area contributed by atoms with Crippen molar-refractivity contribution >= 4 is 41.0 Å². The standard InChI is InChI=1S/C5H10Br2O3Si/c1-4(2,3)5(6,7)10-11(8)9/h8H,1-3H3. The van der Waals surface area contributed by atoms with Crippen molar-refractivity contribution < 1.29 is 13.7 Å². The van der Waals surface area contributed by atoms with Gasteiger partial charge >= 0.3 is 9.17 Å². The molecule has 1 N–H and O–H groups in total. The third-order valence-electron chi connectivity index (χ3n) is 1.09. The van der Waals surface area contributed by atoms with Crippen LogP contribution in [0.2, 0.25) is 0 Å². The van der Waals surface area contributed by atoms with Crippen LogP contribution in [-0.4, -0.2) is 17.4 Å². The Labute approximate surface area is 84.3 Å². The second kappa shape index (κ2) is 3.53. The van der Waals surface area contributed by atoms with E-state index in [1.54, 1.807) is 0 Å². The van der Waals surface area contributed by atoms with Gasteiger partial charge in [0.05, 0.1) is 0 Å². The van der Waals surface area contributed by atoms with E-state index in [1.165, 1.54) is 0 Å². The molecule has 0 aliphatic heterocycles. The van der Waals surface area contributed by atoms with Crippen molar-refractivity contribution in [2.45, 2.75) is 24.2 Å². The van der Waals surface area contributed by atoms with Crippen LogP contribution in [0.15, 0.2) is 0 Å². The normalized spacial score (nSPS) is 12.8. The molecule has 0 aromatic rings. The third-order valence-corrected chi connectivity index (χ3v) is 4.87. The van der Waals surface area contributed by atoms with Crippen LogP contribution in [0.3, 0.4) is 0 Å². The lowest BCUT2D eigenvalue weighted by molar-refractivity contribution is 0.108. The summed E-state index contributed by atoms with van der Waals surface area (Å²) < 4.78 is 14.2. The summed E-state index contributed by atoms with van der Waals surface area (Å²) in [5, 5.41) is 0. The minimum Gasteiger partial charge on any atom is -0.511 e. The Hall–Kier alpha value is 0.577. The predicted octanol–water partition coefficient (Wildman–Crippen LogP) is 1.90. The first-order chi connectivity index (χ1) is 4.67. The average Bonchev–Trinajstić information content (AvgIpc) is 1.56. The van der Waals surface area contributed by atoms with Gasteiger partial charge in [-0.3, -0.25) is 4.46 Å². The van der Waals surface area contributed by atoms with Crippen LogP contribution < -0.4 is 0 Å². The van der Waals surface area contributed by atoms with Gasteiger partial charge in [-0.25, -0.2) is 0 Å². The van der Waals surface area contributed by atoms with Crippen molar-refractivity contribution in [1.82, 2.24) is 0 Å². The van der Waals surface area contributed by atoms with E-state index in [9.17, 15) is 4.46 Å². The summed E-state index contributed by atoms with van der Waals surface area (Å²) in [5.74, 6) is 0. The zero-order valence-electron chi connectivity index (χ0n) is 6.52. The molecule has 0 bridgehead atoms. The Morgan fingerprint density at radius 2 is 1.73 bits per heavy atom. The summed E-state index contributed by atoms with van der Waals surface area (Å²) in [5.41, 5.74) is -0.296. The SMILES string of the molecule is CC(C)(C)C(Br)(Br)O[Si](=O)O. The van der Waals surface area contributed by atoms with Crippen LogP contribution in [0.5, 0.6) is 0 Å². The highest BCUT2D eigenvalue weighted by atomic mass is 79.9. The molecule has 3 nitrogen and oxygen atoms in total. The summed E-state index contributed by atoms with van der Waals surface area (Å²) >= 11 is 6.33. The maximum atomic E-state index is 10.4. The first-order valence-corrected chi connectivity index (χ1v) is 5.81. The zero-order valence-corrected chi connectivity index (χ0v) is 10.7. The summed E-state index contributed by atoms with van der Waals surface area (Å²) in [7, 11) is -2.92. The monoisotopic (exact) mass is 304 g/mol. The van der Waals surface area contributed by atoms with Gasteiger partial charge in [0.2, 0.25) is 3.42 Å². The summed E-state index contributed by atoms with van der Waals surface area (Å²) in [4.78, 5) is 8.52. The number of hydrogen-bond donors (Lipinski definition) is 1. The molecule has 11 heavy (non-hydrogen) atoms. The van der Waals surface area contributed by atoms with Crippen molar-refractivity contribution in [3.63, 3.8) is 0 Å². The number of halogens is 2. The van der Waals surface area contributed by atoms with Crippen LogP contribution in [0.25, 0.3) is 0 Å². The van der Waals surface area contributed by atoms with E-state index in [0.29, 0.717) is 0 Å². The quantitative estimate of drug-likeness (QED) is 0.626. The maximum absolute atomic E-state index is 10.4. The van der Waals surface area contributed by atoms with E-state index in [-0.39, 0.29) is 5.41 Å². The van der Waals surface area contributed by atoms with Gasteiger partial charge < -0.3 is 9.22 Å². The molecular weight excluding hydrogens is 296 g/mol.